The molecule has 0 saturated heterocycles. The van der Waals surface area contributed by atoms with Crippen molar-refractivity contribution in [3.05, 3.63) is 88.9 Å². The molecule has 0 spiro atoms. The molecule has 6 nitrogen and oxygen atoms in total. The SMILES string of the molecule is C=C(CCC[S+]([O-])c1cc(C)c(/C=C\NC)o1)C(O)NCC1=C/CC/C(C(CC)CC)=N/C(c2ccc(C(F)(F)F)cc2)=C\1. The van der Waals surface area contributed by atoms with Crippen LogP contribution in [0, 0.1) is 12.8 Å². The number of furan rings is 1. The lowest BCUT2D eigenvalue weighted by Crippen LogP contribution is -2.32. The molecule has 44 heavy (non-hydrogen) atoms. The van der Waals surface area contributed by atoms with Gasteiger partial charge in [0.2, 0.25) is 0 Å². The van der Waals surface area contributed by atoms with E-state index in [1.54, 1.807) is 25.4 Å². The van der Waals surface area contributed by atoms with E-state index < -0.39 is 29.1 Å². The van der Waals surface area contributed by atoms with Crippen molar-refractivity contribution in [3.8, 4) is 0 Å². The third-order valence-corrected chi connectivity index (χ3v) is 8.94. The second-order valence-corrected chi connectivity index (χ2v) is 12.4. The number of hydrogen-bond donors (Lipinski definition) is 3. The highest BCUT2D eigenvalue weighted by Gasteiger charge is 2.30. The first kappa shape index (κ1) is 35.4. The second kappa shape index (κ2) is 16.9. The van der Waals surface area contributed by atoms with Gasteiger partial charge in [-0.25, -0.2) is 0 Å². The molecule has 0 amide bonds. The maximum atomic E-state index is 13.2. The molecule has 3 rings (SSSR count). The molecule has 240 valence electrons. The Hall–Kier alpha value is -3.05. The smallest absolute Gasteiger partial charge is 0.416 e. The summed E-state index contributed by atoms with van der Waals surface area (Å²) in [4.78, 5) is 4.96. The summed E-state index contributed by atoms with van der Waals surface area (Å²) in [5.74, 6) is 1.33. The molecule has 1 aromatic carbocycles. The van der Waals surface area contributed by atoms with Crippen molar-refractivity contribution < 1.29 is 27.2 Å². The number of halogens is 3. The number of benzene rings is 1. The number of allylic oxidation sites excluding steroid dienone is 1. The number of nitrogens with zero attached hydrogens (tertiary/aromatic N) is 1. The van der Waals surface area contributed by atoms with Gasteiger partial charge in [-0.2, -0.15) is 13.2 Å². The first-order valence-electron chi connectivity index (χ1n) is 15.0. The average molecular weight is 632 g/mol. The fraction of sp³-hybridized carbons (Fsp3) is 0.441. The molecule has 0 saturated carbocycles. The quantitative estimate of drug-likeness (QED) is 0.106. The zero-order valence-electron chi connectivity index (χ0n) is 26.0. The Morgan fingerprint density at radius 2 is 1.93 bits per heavy atom. The van der Waals surface area contributed by atoms with E-state index in [2.05, 4.69) is 37.1 Å². The Bertz CT molecular complexity index is 1360. The molecule has 3 N–H and O–H groups in total. The molecule has 2 atom stereocenters. The zero-order chi connectivity index (χ0) is 32.3. The predicted octanol–water partition coefficient (Wildman–Crippen LogP) is 7.79. The summed E-state index contributed by atoms with van der Waals surface area (Å²) in [7, 11) is 1.79. The molecule has 0 fully saturated rings. The van der Waals surface area contributed by atoms with Crippen molar-refractivity contribution >= 4 is 28.7 Å². The van der Waals surface area contributed by atoms with E-state index in [0.717, 1.165) is 54.7 Å². The number of nitrogens with one attached hydrogen (secondary N) is 2. The van der Waals surface area contributed by atoms with Crippen molar-refractivity contribution in [2.24, 2.45) is 10.9 Å². The number of rotatable bonds is 15. The third-order valence-electron chi connectivity index (χ3n) is 7.63. The summed E-state index contributed by atoms with van der Waals surface area (Å²) in [6, 6.07) is 6.86. The normalized spacial score (nSPS) is 19.4. The lowest BCUT2D eigenvalue weighted by atomic mass is 9.92. The van der Waals surface area contributed by atoms with Crippen molar-refractivity contribution in [1.82, 2.24) is 10.6 Å². The van der Waals surface area contributed by atoms with Crippen molar-refractivity contribution in [1.29, 1.82) is 0 Å². The van der Waals surface area contributed by atoms with Crippen molar-refractivity contribution in [2.75, 3.05) is 19.3 Å². The average Bonchev–Trinajstić information content (AvgIpc) is 3.36. The number of aliphatic hydroxyl groups excluding tert-OH is 1. The standard InChI is InChI=1S/C34H44F3N3O3S/c1-6-26(7-2)29-12-8-11-25(21-30(40-29)27-13-15-28(16-14-27)34(35,36)37)22-39-33(41)23(3)10-9-19-44(42)32-20-24(4)31(43-32)17-18-38-5/h11,13-18,20-21,26,33,38-39,41H,3,6-10,12,19,22H2,1-2,4-5H3/b18-17-,25-11+,30-21-,40-29-. The van der Waals surface area contributed by atoms with Gasteiger partial charge in [-0.3, -0.25) is 10.3 Å². The summed E-state index contributed by atoms with van der Waals surface area (Å²) in [5.41, 5.74) is 3.89. The van der Waals surface area contributed by atoms with Crippen LogP contribution >= 0.6 is 0 Å². The largest absolute Gasteiger partial charge is 0.609 e. The van der Waals surface area contributed by atoms with E-state index in [1.807, 2.05) is 13.0 Å². The fourth-order valence-electron chi connectivity index (χ4n) is 4.97. The van der Waals surface area contributed by atoms with Crippen LogP contribution in [-0.4, -0.2) is 40.9 Å². The van der Waals surface area contributed by atoms with Gasteiger partial charge in [0, 0.05) is 47.7 Å². The van der Waals surface area contributed by atoms with E-state index in [9.17, 15) is 22.8 Å². The van der Waals surface area contributed by atoms with Gasteiger partial charge < -0.3 is 19.4 Å². The first-order valence-corrected chi connectivity index (χ1v) is 16.4. The summed E-state index contributed by atoms with van der Waals surface area (Å²) < 4.78 is 58.0. The van der Waals surface area contributed by atoms with Gasteiger partial charge in [0.25, 0.3) is 0 Å². The van der Waals surface area contributed by atoms with Crippen molar-refractivity contribution in [2.45, 2.75) is 76.8 Å². The molecular formula is C34H44F3N3O3S. The van der Waals surface area contributed by atoms with Gasteiger partial charge >= 0.3 is 11.3 Å². The van der Waals surface area contributed by atoms with Crippen LogP contribution in [-0.2, 0) is 17.4 Å². The molecule has 0 aliphatic carbocycles. The summed E-state index contributed by atoms with van der Waals surface area (Å²) in [6.07, 6.45) is 6.51. The molecule has 0 radical (unpaired) electrons. The van der Waals surface area contributed by atoms with E-state index in [1.165, 1.54) is 12.1 Å². The Labute approximate surface area is 262 Å². The maximum Gasteiger partial charge on any atom is 0.416 e. The number of aryl methyl sites for hydroxylation is 1. The number of alkyl halides is 3. The van der Waals surface area contributed by atoms with Crippen LogP contribution in [0.15, 0.2) is 80.9 Å². The van der Waals surface area contributed by atoms with Crippen molar-refractivity contribution in [3.63, 3.8) is 0 Å². The minimum atomic E-state index is -4.41. The Morgan fingerprint density at radius 1 is 1.23 bits per heavy atom. The Kier molecular flexibility index (Phi) is 13.6. The Balaban J connectivity index is 1.64. The highest BCUT2D eigenvalue weighted by Crippen LogP contribution is 2.32. The van der Waals surface area contributed by atoms with Gasteiger partial charge in [-0.15, -0.1) is 0 Å². The molecule has 1 aliphatic heterocycles. The molecular weight excluding hydrogens is 587 g/mol. The highest BCUT2D eigenvalue weighted by atomic mass is 32.2. The van der Waals surface area contributed by atoms with Crippen LogP contribution in [0.2, 0.25) is 0 Å². The summed E-state index contributed by atoms with van der Waals surface area (Å²) in [6.45, 7) is 10.5. The van der Waals surface area contributed by atoms with Crippen LogP contribution in [0.25, 0.3) is 11.8 Å². The van der Waals surface area contributed by atoms with Crippen LogP contribution in [0.5, 0.6) is 0 Å². The lowest BCUT2D eigenvalue weighted by molar-refractivity contribution is -0.137. The van der Waals surface area contributed by atoms with E-state index >= 15 is 0 Å². The first-order chi connectivity index (χ1) is 21.0. The number of hydrogen-bond acceptors (Lipinski definition) is 6. The van der Waals surface area contributed by atoms with E-state index in [-0.39, 0.29) is 0 Å². The minimum absolute atomic E-state index is 0.300. The predicted molar refractivity (Wildman–Crippen MR) is 173 cm³/mol. The van der Waals surface area contributed by atoms with Gasteiger partial charge in [0.05, 0.1) is 11.3 Å². The van der Waals surface area contributed by atoms with E-state index in [4.69, 9.17) is 9.41 Å². The fourth-order valence-corrected chi connectivity index (χ4v) is 6.07. The summed E-state index contributed by atoms with van der Waals surface area (Å²) >= 11 is -1.31. The molecule has 0 bridgehead atoms. The van der Waals surface area contributed by atoms with Crippen LogP contribution < -0.4 is 10.6 Å². The lowest BCUT2D eigenvalue weighted by Gasteiger charge is -2.20. The Morgan fingerprint density at radius 3 is 2.57 bits per heavy atom. The zero-order valence-corrected chi connectivity index (χ0v) is 26.8. The van der Waals surface area contributed by atoms with Gasteiger partial charge in [0.1, 0.15) is 17.7 Å². The molecule has 10 heteroatoms. The molecule has 2 heterocycles. The van der Waals surface area contributed by atoms with Gasteiger partial charge in [0.15, 0.2) is 0 Å². The number of aliphatic hydroxyl groups is 1. The molecule has 2 aromatic rings. The van der Waals surface area contributed by atoms with Gasteiger partial charge in [-0.1, -0.05) is 38.6 Å². The topological polar surface area (TPSA) is 92.8 Å². The third kappa shape index (κ3) is 10.3. The van der Waals surface area contributed by atoms with Crippen LogP contribution in [0.3, 0.4) is 0 Å². The summed E-state index contributed by atoms with van der Waals surface area (Å²) in [5, 5.41) is 17.2. The van der Waals surface area contributed by atoms with Gasteiger partial charge in [-0.05, 0) is 93.0 Å². The monoisotopic (exact) mass is 631 g/mol. The second-order valence-electron chi connectivity index (χ2n) is 10.9. The number of aliphatic imine (C=N–C) groups is 1. The van der Waals surface area contributed by atoms with E-state index in [0.29, 0.717) is 58.7 Å². The minimum Gasteiger partial charge on any atom is -0.609 e. The molecule has 1 aliphatic rings. The van der Waals surface area contributed by atoms with Crippen LogP contribution in [0.4, 0.5) is 13.2 Å². The molecule has 1 aromatic heterocycles. The van der Waals surface area contributed by atoms with Crippen LogP contribution in [0.1, 0.15) is 74.8 Å². The maximum absolute atomic E-state index is 13.2. The molecule has 2 unspecified atom stereocenters. The highest BCUT2D eigenvalue weighted by molar-refractivity contribution is 7.91.